The number of rotatable bonds is 2. The zero-order valence-electron chi connectivity index (χ0n) is 13.7. The van der Waals surface area contributed by atoms with Crippen molar-refractivity contribution in [3.8, 4) is 11.1 Å². The summed E-state index contributed by atoms with van der Waals surface area (Å²) in [7, 11) is 0. The molecule has 2 aromatic carbocycles. The molecule has 1 saturated heterocycles. The summed E-state index contributed by atoms with van der Waals surface area (Å²) in [5.74, 6) is -0.548. The Balaban J connectivity index is 1.48. The van der Waals surface area contributed by atoms with Gasteiger partial charge in [0.2, 0.25) is 5.91 Å². The summed E-state index contributed by atoms with van der Waals surface area (Å²) in [6.45, 7) is 0.921. The molecule has 2 aliphatic rings. The van der Waals surface area contributed by atoms with E-state index < -0.39 is 12.0 Å². The molecule has 1 heterocycles. The fourth-order valence-corrected chi connectivity index (χ4v) is 3.43. The number of fused-ring (bicyclic) bond motifs is 3. The van der Waals surface area contributed by atoms with E-state index in [0.29, 0.717) is 13.2 Å². The number of primary amides is 1. The van der Waals surface area contributed by atoms with Crippen molar-refractivity contribution in [1.29, 1.82) is 0 Å². The first kappa shape index (κ1) is 15.7. The van der Waals surface area contributed by atoms with Crippen LogP contribution in [0.1, 0.15) is 11.1 Å². The highest BCUT2D eigenvalue weighted by atomic mass is 16.5. The lowest BCUT2D eigenvalue weighted by Gasteiger charge is -2.31. The maximum atomic E-state index is 12.5. The number of ether oxygens (including phenoxy) is 1. The van der Waals surface area contributed by atoms with Gasteiger partial charge in [-0.25, -0.2) is 4.79 Å². The van der Waals surface area contributed by atoms with Crippen LogP contribution in [0.2, 0.25) is 0 Å². The molecule has 6 heteroatoms. The van der Waals surface area contributed by atoms with Crippen LogP contribution in [0.4, 0.5) is 10.5 Å². The SMILES string of the molecule is NC(=O)[C@@H]1CN(C(=O)Nc2ccc3c(c2)Cc2ccccc2-3)CCO1. The lowest BCUT2D eigenvalue weighted by atomic mass is 10.1. The normalized spacial score (nSPS) is 18.4. The van der Waals surface area contributed by atoms with Crippen molar-refractivity contribution in [2.24, 2.45) is 5.73 Å². The summed E-state index contributed by atoms with van der Waals surface area (Å²) in [6.07, 6.45) is 0.130. The Morgan fingerprint density at radius 2 is 1.92 bits per heavy atom. The van der Waals surface area contributed by atoms with Crippen molar-refractivity contribution in [3.63, 3.8) is 0 Å². The number of nitrogens with one attached hydrogen (secondary N) is 1. The van der Waals surface area contributed by atoms with Gasteiger partial charge in [0.1, 0.15) is 0 Å². The van der Waals surface area contributed by atoms with Crippen LogP contribution in [-0.2, 0) is 16.0 Å². The van der Waals surface area contributed by atoms with Crippen molar-refractivity contribution in [2.45, 2.75) is 12.5 Å². The fourth-order valence-electron chi connectivity index (χ4n) is 3.43. The van der Waals surface area contributed by atoms with E-state index in [2.05, 4.69) is 17.4 Å². The number of benzene rings is 2. The quantitative estimate of drug-likeness (QED) is 0.750. The average molecular weight is 337 g/mol. The van der Waals surface area contributed by atoms with Crippen molar-refractivity contribution in [3.05, 3.63) is 53.6 Å². The van der Waals surface area contributed by atoms with Gasteiger partial charge in [-0.1, -0.05) is 30.3 Å². The molecule has 0 bridgehead atoms. The van der Waals surface area contributed by atoms with Crippen LogP contribution in [0.25, 0.3) is 11.1 Å². The van der Waals surface area contributed by atoms with Crippen molar-refractivity contribution >= 4 is 17.6 Å². The van der Waals surface area contributed by atoms with Gasteiger partial charge in [-0.2, -0.15) is 0 Å². The molecule has 4 rings (SSSR count). The highest BCUT2D eigenvalue weighted by Crippen LogP contribution is 2.37. The van der Waals surface area contributed by atoms with E-state index in [1.807, 2.05) is 30.3 Å². The third-order valence-corrected chi connectivity index (χ3v) is 4.72. The molecule has 1 aliphatic carbocycles. The first-order valence-electron chi connectivity index (χ1n) is 8.30. The topological polar surface area (TPSA) is 84.7 Å². The Hall–Kier alpha value is -2.86. The van der Waals surface area contributed by atoms with Gasteiger partial charge in [0, 0.05) is 12.2 Å². The molecule has 3 amide bonds. The summed E-state index contributed by atoms with van der Waals surface area (Å²) in [4.78, 5) is 25.3. The van der Waals surface area contributed by atoms with E-state index in [1.165, 1.54) is 22.3 Å². The Morgan fingerprint density at radius 1 is 1.12 bits per heavy atom. The standard InChI is InChI=1S/C19H19N3O3/c20-18(23)17-11-22(7-8-25-17)19(24)21-14-5-6-16-13(10-14)9-12-3-1-2-4-15(12)16/h1-6,10,17H,7-9,11H2,(H2,20,23)(H,21,24)/t17-/m0/s1. The summed E-state index contributed by atoms with van der Waals surface area (Å²) in [6, 6.07) is 14.1. The highest BCUT2D eigenvalue weighted by Gasteiger charge is 2.28. The lowest BCUT2D eigenvalue weighted by Crippen LogP contribution is -2.51. The molecule has 0 spiro atoms. The number of morpholine rings is 1. The minimum absolute atomic E-state index is 0.178. The van der Waals surface area contributed by atoms with Gasteiger partial charge in [0.05, 0.1) is 13.2 Å². The molecule has 3 N–H and O–H groups in total. The Morgan fingerprint density at radius 3 is 2.76 bits per heavy atom. The Bertz CT molecular complexity index is 850. The average Bonchev–Trinajstić information content (AvgIpc) is 2.99. The van der Waals surface area contributed by atoms with Crippen LogP contribution in [-0.4, -0.2) is 42.6 Å². The zero-order valence-corrected chi connectivity index (χ0v) is 13.7. The molecule has 128 valence electrons. The second kappa shape index (κ2) is 6.22. The van der Waals surface area contributed by atoms with E-state index in [-0.39, 0.29) is 12.6 Å². The number of carbonyl (C=O) groups excluding carboxylic acids is 2. The fraction of sp³-hybridized carbons (Fsp3) is 0.263. The molecule has 1 fully saturated rings. The van der Waals surface area contributed by atoms with Crippen LogP contribution in [0, 0.1) is 0 Å². The van der Waals surface area contributed by atoms with Gasteiger partial charge < -0.3 is 20.7 Å². The largest absolute Gasteiger partial charge is 0.367 e. The molecule has 6 nitrogen and oxygen atoms in total. The maximum absolute atomic E-state index is 12.5. The van der Waals surface area contributed by atoms with Crippen molar-refractivity contribution in [2.75, 3.05) is 25.0 Å². The van der Waals surface area contributed by atoms with Gasteiger partial charge in [0.25, 0.3) is 0 Å². The van der Waals surface area contributed by atoms with Gasteiger partial charge in [-0.3, -0.25) is 4.79 Å². The van der Waals surface area contributed by atoms with Crippen molar-refractivity contribution < 1.29 is 14.3 Å². The second-order valence-corrected chi connectivity index (χ2v) is 6.34. The van der Waals surface area contributed by atoms with Gasteiger partial charge in [-0.15, -0.1) is 0 Å². The maximum Gasteiger partial charge on any atom is 0.322 e. The van der Waals surface area contributed by atoms with Crippen molar-refractivity contribution in [1.82, 2.24) is 4.90 Å². The Kier molecular flexibility index (Phi) is 3.89. The molecule has 0 saturated carbocycles. The second-order valence-electron chi connectivity index (χ2n) is 6.34. The molecular formula is C19H19N3O3. The molecule has 25 heavy (non-hydrogen) atoms. The molecular weight excluding hydrogens is 318 g/mol. The summed E-state index contributed by atoms with van der Waals surface area (Å²) in [5, 5.41) is 2.91. The first-order valence-corrected chi connectivity index (χ1v) is 8.30. The van der Waals surface area contributed by atoms with Crippen LogP contribution < -0.4 is 11.1 Å². The zero-order chi connectivity index (χ0) is 17.4. The van der Waals surface area contributed by atoms with Crippen LogP contribution in [0.5, 0.6) is 0 Å². The third-order valence-electron chi connectivity index (χ3n) is 4.72. The van der Waals surface area contributed by atoms with Crippen LogP contribution >= 0.6 is 0 Å². The molecule has 1 aliphatic heterocycles. The number of nitrogens with zero attached hydrogens (tertiary/aromatic N) is 1. The number of urea groups is 1. The Labute approximate surface area is 145 Å². The number of hydrogen-bond acceptors (Lipinski definition) is 3. The van der Waals surface area contributed by atoms with E-state index >= 15 is 0 Å². The molecule has 0 aromatic heterocycles. The number of carbonyl (C=O) groups is 2. The minimum Gasteiger partial charge on any atom is -0.367 e. The third kappa shape index (κ3) is 2.96. The van der Waals surface area contributed by atoms with E-state index in [4.69, 9.17) is 10.5 Å². The highest BCUT2D eigenvalue weighted by molar-refractivity contribution is 5.91. The van der Waals surface area contributed by atoms with E-state index in [9.17, 15) is 9.59 Å². The summed E-state index contributed by atoms with van der Waals surface area (Å²) >= 11 is 0. The molecule has 0 radical (unpaired) electrons. The smallest absolute Gasteiger partial charge is 0.322 e. The van der Waals surface area contributed by atoms with Crippen LogP contribution in [0.15, 0.2) is 42.5 Å². The van der Waals surface area contributed by atoms with Gasteiger partial charge in [0.15, 0.2) is 6.10 Å². The number of hydrogen-bond donors (Lipinski definition) is 2. The van der Waals surface area contributed by atoms with Gasteiger partial charge in [-0.05, 0) is 40.8 Å². The van der Waals surface area contributed by atoms with E-state index in [1.54, 1.807) is 4.90 Å². The number of anilines is 1. The molecule has 0 unspecified atom stereocenters. The molecule has 2 aromatic rings. The summed E-state index contributed by atoms with van der Waals surface area (Å²) < 4.78 is 5.27. The lowest BCUT2D eigenvalue weighted by molar-refractivity contribution is -0.133. The van der Waals surface area contributed by atoms with Gasteiger partial charge >= 0.3 is 6.03 Å². The van der Waals surface area contributed by atoms with Crippen LogP contribution in [0.3, 0.4) is 0 Å². The minimum atomic E-state index is -0.742. The number of nitrogens with two attached hydrogens (primary N) is 1. The monoisotopic (exact) mass is 337 g/mol. The molecule has 1 atom stereocenters. The van der Waals surface area contributed by atoms with E-state index in [0.717, 1.165) is 12.1 Å². The summed E-state index contributed by atoms with van der Waals surface area (Å²) in [5.41, 5.74) is 11.0. The predicted molar refractivity (Wildman–Crippen MR) is 94.2 cm³/mol. The number of amides is 3. The first-order chi connectivity index (χ1) is 12.1. The predicted octanol–water partition coefficient (Wildman–Crippen LogP) is 1.98.